The minimum Gasteiger partial charge on any atom is -0.459 e. The Morgan fingerprint density at radius 3 is 2.36 bits per heavy atom. The van der Waals surface area contributed by atoms with Crippen LogP contribution in [0.2, 0.25) is 0 Å². The third kappa shape index (κ3) is 6.76. The number of carbonyl (C=O) groups is 2. The van der Waals surface area contributed by atoms with Gasteiger partial charge >= 0.3 is 5.97 Å². The maximum Gasteiger partial charge on any atom is 0.340 e. The van der Waals surface area contributed by atoms with Gasteiger partial charge in [0.15, 0.2) is 0 Å². The number of esters is 1. The molecule has 47 heavy (non-hydrogen) atoms. The van der Waals surface area contributed by atoms with Crippen LogP contribution in [0.15, 0.2) is 54.9 Å². The van der Waals surface area contributed by atoms with E-state index in [1.165, 1.54) is 30.8 Å². The Hall–Kier alpha value is -3.51. The van der Waals surface area contributed by atoms with Crippen LogP contribution >= 0.6 is 0 Å². The highest BCUT2D eigenvalue weighted by atomic mass is 32.2. The predicted octanol–water partition coefficient (Wildman–Crippen LogP) is 4.59. The number of para-hydroxylation sites is 1. The van der Waals surface area contributed by atoms with Gasteiger partial charge in [0.25, 0.3) is 0 Å². The first kappa shape index (κ1) is 32.1. The number of nitrogens with zero attached hydrogens (tertiary/aromatic N) is 2. The van der Waals surface area contributed by atoms with E-state index in [1.54, 1.807) is 6.20 Å². The number of nitrogens with one attached hydrogen (secondary N) is 3. The van der Waals surface area contributed by atoms with E-state index in [4.69, 9.17) is 4.74 Å². The molecule has 5 fully saturated rings. The van der Waals surface area contributed by atoms with Gasteiger partial charge in [-0.3, -0.25) is 9.69 Å². The number of aromatic nitrogens is 2. The van der Waals surface area contributed by atoms with E-state index in [-0.39, 0.29) is 23.7 Å². The predicted molar refractivity (Wildman–Crippen MR) is 183 cm³/mol. The Bertz CT molecular complexity index is 1860. The molecule has 10 nitrogen and oxygen atoms in total. The lowest BCUT2D eigenvalue weighted by molar-refractivity contribution is -0.145. The quantitative estimate of drug-likeness (QED) is 0.248. The summed E-state index contributed by atoms with van der Waals surface area (Å²) in [7, 11) is 0.476. The smallest absolute Gasteiger partial charge is 0.340 e. The zero-order chi connectivity index (χ0) is 32.7. The van der Waals surface area contributed by atoms with Gasteiger partial charge in [-0.2, -0.15) is 0 Å². The molecule has 4 aromatic rings. The number of benzene rings is 2. The third-order valence-corrected chi connectivity index (χ3v) is 12.3. The first-order chi connectivity index (χ1) is 22.7. The lowest BCUT2D eigenvalue weighted by Gasteiger charge is -2.54. The molecule has 0 radical (unpaired) electrons. The SMILES string of the molecule is CNS(=O)(=O)CCc1ccc2[nH]cc(C3CCN(C)CC3)c2c1.O=C(O[C@@H]1C[C@@H]2C[C@@H]3C[C@H](C1)N2CC3=O)c1c[nH]c2ccccc12. The fourth-order valence-corrected chi connectivity index (χ4v) is 8.94. The second-order valence-electron chi connectivity index (χ2n) is 13.8. The number of hydrogen-bond donors (Lipinski definition) is 3. The lowest BCUT2D eigenvalue weighted by Crippen LogP contribution is -2.63. The van der Waals surface area contributed by atoms with E-state index in [0.717, 1.165) is 60.8 Å². The number of piperidine rings is 5. The monoisotopic (exact) mass is 659 g/mol. The molecule has 0 amide bonds. The molecule has 0 aliphatic carbocycles. The van der Waals surface area contributed by atoms with Crippen LogP contribution in [0, 0.1) is 5.92 Å². The van der Waals surface area contributed by atoms with Crippen LogP contribution < -0.4 is 4.72 Å². The summed E-state index contributed by atoms with van der Waals surface area (Å²) >= 11 is 0. The normalized spacial score (nSPS) is 26.3. The minimum absolute atomic E-state index is 0.0356. The van der Waals surface area contributed by atoms with Crippen LogP contribution in [0.3, 0.4) is 0 Å². The molecule has 4 bridgehead atoms. The molecule has 2 aromatic heterocycles. The van der Waals surface area contributed by atoms with Crippen molar-refractivity contribution in [1.82, 2.24) is 24.5 Å². The van der Waals surface area contributed by atoms with E-state index >= 15 is 0 Å². The molecular weight excluding hydrogens is 614 g/mol. The van der Waals surface area contributed by atoms with Crippen molar-refractivity contribution in [3.63, 3.8) is 0 Å². The summed E-state index contributed by atoms with van der Waals surface area (Å²) in [6.07, 6.45) is 10.3. The van der Waals surface area contributed by atoms with Gasteiger partial charge in [0.2, 0.25) is 10.0 Å². The van der Waals surface area contributed by atoms with Crippen LogP contribution in [0.5, 0.6) is 0 Å². The summed E-state index contributed by atoms with van der Waals surface area (Å²) in [6, 6.07) is 14.8. The average Bonchev–Trinajstić information content (AvgIpc) is 3.69. The number of rotatable bonds is 7. The highest BCUT2D eigenvalue weighted by molar-refractivity contribution is 7.89. The third-order valence-electron chi connectivity index (χ3n) is 10.9. The Kier molecular flexibility index (Phi) is 8.99. The molecule has 1 unspecified atom stereocenters. The van der Waals surface area contributed by atoms with E-state index < -0.39 is 10.0 Å². The molecule has 5 aliphatic rings. The molecule has 2 aromatic carbocycles. The van der Waals surface area contributed by atoms with Crippen molar-refractivity contribution in [3.05, 3.63) is 71.5 Å². The van der Waals surface area contributed by atoms with Gasteiger partial charge in [-0.15, -0.1) is 0 Å². The summed E-state index contributed by atoms with van der Waals surface area (Å²) in [6.45, 7) is 2.87. The summed E-state index contributed by atoms with van der Waals surface area (Å²) < 4.78 is 31.4. The molecule has 3 N–H and O–H groups in total. The van der Waals surface area contributed by atoms with Crippen molar-refractivity contribution in [2.75, 3.05) is 39.5 Å². The first-order valence-corrected chi connectivity index (χ1v) is 18.6. The molecule has 250 valence electrons. The molecule has 5 saturated heterocycles. The Balaban J connectivity index is 0.000000150. The molecule has 9 rings (SSSR count). The molecule has 0 spiro atoms. The number of aromatic amines is 2. The van der Waals surface area contributed by atoms with Gasteiger partial charge in [-0.1, -0.05) is 24.3 Å². The number of aryl methyl sites for hydroxylation is 1. The van der Waals surface area contributed by atoms with Crippen molar-refractivity contribution < 1.29 is 22.7 Å². The van der Waals surface area contributed by atoms with E-state index in [0.29, 0.717) is 42.3 Å². The molecule has 7 heterocycles. The second kappa shape index (κ2) is 13.2. The fourth-order valence-electron chi connectivity index (χ4n) is 8.23. The van der Waals surface area contributed by atoms with Gasteiger partial charge in [-0.05, 0) is 94.5 Å². The number of Topliss-reactive ketones (excluding diaryl/α,β-unsaturated/α-hetero) is 1. The number of hydrogen-bond acceptors (Lipinski definition) is 7. The Labute approximate surface area is 276 Å². The van der Waals surface area contributed by atoms with Gasteiger partial charge in [0, 0.05) is 65.0 Å². The number of fused-ring (bicyclic) bond motifs is 3. The summed E-state index contributed by atoms with van der Waals surface area (Å²) in [5.74, 6) is 1.13. The average molecular weight is 660 g/mol. The van der Waals surface area contributed by atoms with E-state index in [1.807, 2.05) is 30.3 Å². The van der Waals surface area contributed by atoms with Crippen LogP contribution in [-0.2, 0) is 26.0 Å². The lowest BCUT2D eigenvalue weighted by atomic mass is 9.72. The van der Waals surface area contributed by atoms with Crippen LogP contribution in [0.4, 0.5) is 0 Å². The summed E-state index contributed by atoms with van der Waals surface area (Å²) in [5.41, 5.74) is 5.15. The zero-order valence-corrected chi connectivity index (χ0v) is 28.0. The summed E-state index contributed by atoms with van der Waals surface area (Å²) in [5, 5.41) is 2.16. The van der Waals surface area contributed by atoms with Gasteiger partial charge < -0.3 is 19.6 Å². The first-order valence-electron chi connectivity index (χ1n) is 16.9. The molecule has 5 atom stereocenters. The van der Waals surface area contributed by atoms with Crippen LogP contribution in [0.25, 0.3) is 21.8 Å². The maximum absolute atomic E-state index is 12.6. The maximum atomic E-state index is 12.6. The Morgan fingerprint density at radius 1 is 0.936 bits per heavy atom. The van der Waals surface area contributed by atoms with Crippen LogP contribution in [0.1, 0.15) is 65.9 Å². The largest absolute Gasteiger partial charge is 0.459 e. The molecular formula is C36H45N5O5S. The van der Waals surface area contributed by atoms with Gasteiger partial charge in [0.05, 0.1) is 17.9 Å². The topological polar surface area (TPSA) is 128 Å². The molecule has 11 heteroatoms. The summed E-state index contributed by atoms with van der Waals surface area (Å²) in [4.78, 5) is 35.7. The van der Waals surface area contributed by atoms with Crippen molar-refractivity contribution in [1.29, 1.82) is 0 Å². The number of likely N-dealkylation sites (tertiary alicyclic amines) is 1. The number of ketones is 1. The molecule has 5 aliphatic heterocycles. The zero-order valence-electron chi connectivity index (χ0n) is 27.2. The number of H-pyrrole nitrogens is 2. The van der Waals surface area contributed by atoms with E-state index in [2.05, 4.69) is 49.9 Å². The second-order valence-corrected chi connectivity index (χ2v) is 15.9. The fraction of sp³-hybridized carbons (Fsp3) is 0.500. The standard InChI is InChI=1S/C19H20N2O3.C17H25N3O2S/c22-18-10-21-12-5-11(18)6-13(21)8-14(7-12)24-19(23)16-9-20-17-4-2-1-3-15(16)17;1-18-23(21,22)10-7-13-3-4-17-15(11-13)16(12-19-17)14-5-8-20(2)9-6-14/h1-4,9,11-14,20H,5-8,10H2;3-4,11-12,14,18-19H,5-10H2,1-2H3/t11-,12+,13-,14-;. The van der Waals surface area contributed by atoms with Crippen molar-refractivity contribution in [2.24, 2.45) is 5.92 Å². The Morgan fingerprint density at radius 2 is 1.64 bits per heavy atom. The highest BCUT2D eigenvalue weighted by Crippen LogP contribution is 2.42. The highest BCUT2D eigenvalue weighted by Gasteiger charge is 2.49. The van der Waals surface area contributed by atoms with Crippen molar-refractivity contribution in [2.45, 2.75) is 69.1 Å². The van der Waals surface area contributed by atoms with E-state index in [9.17, 15) is 18.0 Å². The van der Waals surface area contributed by atoms with Crippen molar-refractivity contribution >= 4 is 43.6 Å². The van der Waals surface area contributed by atoms with Gasteiger partial charge in [0.1, 0.15) is 11.9 Å². The number of ether oxygens (including phenoxy) is 1. The minimum atomic E-state index is -3.16. The number of sulfonamides is 1. The van der Waals surface area contributed by atoms with Crippen LogP contribution in [-0.4, -0.2) is 97.6 Å². The van der Waals surface area contributed by atoms with Crippen molar-refractivity contribution in [3.8, 4) is 0 Å². The van der Waals surface area contributed by atoms with Gasteiger partial charge in [-0.25, -0.2) is 17.9 Å². The molecule has 0 saturated carbocycles. The number of carbonyl (C=O) groups excluding carboxylic acids is 2.